The number of Topliss-reactive ketones (excluding diaryl/α,β-unsaturated/α-hetero) is 1. The van der Waals surface area contributed by atoms with E-state index in [1.165, 1.54) is 0 Å². The molecule has 0 unspecified atom stereocenters. The summed E-state index contributed by atoms with van der Waals surface area (Å²) in [6.45, 7) is 4.10. The van der Waals surface area contributed by atoms with Gasteiger partial charge in [-0.15, -0.1) is 0 Å². The van der Waals surface area contributed by atoms with Crippen LogP contribution in [0, 0.1) is 11.8 Å². The zero-order valence-electron chi connectivity index (χ0n) is 16.7. The number of carbonyl (C=O) groups excluding carboxylic acids is 1. The fraction of sp³-hybridized carbons (Fsp3) is 0.409. The third-order valence-corrected chi connectivity index (χ3v) is 5.65. The second kappa shape index (κ2) is 7.51. The standard InChI is InChI=1S/C22H26O5/c1-12-13(2)22(23)16-11-20(27-6)19(26-5)10-15(16)21(12)14-7-8-17(24-3)18(9-14)25-4/h7-13,21H,1-6H3/t12-,13-,21+/m0/s1. The smallest absolute Gasteiger partial charge is 0.166 e. The second-order valence-corrected chi connectivity index (χ2v) is 6.90. The van der Waals surface area contributed by atoms with Crippen LogP contribution in [0.15, 0.2) is 30.3 Å². The molecule has 5 nitrogen and oxygen atoms in total. The molecule has 0 aromatic heterocycles. The highest BCUT2D eigenvalue weighted by molar-refractivity contribution is 6.01. The number of hydrogen-bond donors (Lipinski definition) is 0. The molecule has 2 aromatic rings. The van der Waals surface area contributed by atoms with Crippen molar-refractivity contribution in [2.75, 3.05) is 28.4 Å². The first kappa shape index (κ1) is 19.1. The molecule has 3 atom stereocenters. The van der Waals surface area contributed by atoms with Gasteiger partial charge in [-0.1, -0.05) is 19.9 Å². The number of rotatable bonds is 5. The Labute approximate surface area is 160 Å². The molecule has 27 heavy (non-hydrogen) atoms. The van der Waals surface area contributed by atoms with Gasteiger partial charge in [-0.3, -0.25) is 4.79 Å². The molecule has 0 saturated heterocycles. The van der Waals surface area contributed by atoms with E-state index in [1.54, 1.807) is 34.5 Å². The summed E-state index contributed by atoms with van der Waals surface area (Å²) in [6.07, 6.45) is 0. The molecule has 0 spiro atoms. The number of benzene rings is 2. The number of ketones is 1. The molecule has 0 amide bonds. The molecule has 1 aliphatic carbocycles. The fourth-order valence-corrected chi connectivity index (χ4v) is 3.95. The normalized spacial score (nSPS) is 21.4. The lowest BCUT2D eigenvalue weighted by molar-refractivity contribution is 0.0865. The van der Waals surface area contributed by atoms with Gasteiger partial charge >= 0.3 is 0 Å². The van der Waals surface area contributed by atoms with Crippen LogP contribution in [0.25, 0.3) is 0 Å². The number of hydrogen-bond acceptors (Lipinski definition) is 5. The molecule has 0 fully saturated rings. The Hall–Kier alpha value is -2.69. The minimum atomic E-state index is -0.103. The summed E-state index contributed by atoms with van der Waals surface area (Å²) in [5, 5.41) is 0. The van der Waals surface area contributed by atoms with Crippen LogP contribution in [0.2, 0.25) is 0 Å². The van der Waals surface area contributed by atoms with Crippen LogP contribution in [0.3, 0.4) is 0 Å². The van der Waals surface area contributed by atoms with Gasteiger partial charge in [-0.05, 0) is 41.3 Å². The maximum atomic E-state index is 13.0. The van der Waals surface area contributed by atoms with Crippen LogP contribution >= 0.6 is 0 Å². The van der Waals surface area contributed by atoms with Gasteiger partial charge in [0, 0.05) is 17.4 Å². The Bertz CT molecular complexity index is 858. The SMILES string of the molecule is COc1ccc([C@@H]2c3cc(OC)c(OC)cc3C(=O)[C@@H](C)[C@@H]2C)cc1OC. The van der Waals surface area contributed by atoms with Crippen LogP contribution < -0.4 is 18.9 Å². The number of ether oxygens (including phenoxy) is 4. The van der Waals surface area contributed by atoms with E-state index < -0.39 is 0 Å². The van der Waals surface area contributed by atoms with E-state index in [-0.39, 0.29) is 23.5 Å². The van der Waals surface area contributed by atoms with Crippen molar-refractivity contribution in [1.29, 1.82) is 0 Å². The van der Waals surface area contributed by atoms with Crippen molar-refractivity contribution in [3.8, 4) is 23.0 Å². The topological polar surface area (TPSA) is 54.0 Å². The quantitative estimate of drug-likeness (QED) is 0.784. The van der Waals surface area contributed by atoms with Gasteiger partial charge in [0.05, 0.1) is 28.4 Å². The minimum Gasteiger partial charge on any atom is -0.493 e. The van der Waals surface area contributed by atoms with Crippen LogP contribution in [-0.2, 0) is 0 Å². The molecule has 0 heterocycles. The van der Waals surface area contributed by atoms with E-state index in [2.05, 4.69) is 6.92 Å². The summed E-state index contributed by atoms with van der Waals surface area (Å²) in [4.78, 5) is 13.0. The van der Waals surface area contributed by atoms with Gasteiger partial charge in [-0.25, -0.2) is 0 Å². The Balaban J connectivity index is 2.22. The van der Waals surface area contributed by atoms with Crippen molar-refractivity contribution in [3.63, 3.8) is 0 Å². The van der Waals surface area contributed by atoms with Crippen molar-refractivity contribution >= 4 is 5.78 Å². The number of carbonyl (C=O) groups is 1. The molecule has 3 rings (SSSR count). The molecule has 0 N–H and O–H groups in total. The highest BCUT2D eigenvalue weighted by atomic mass is 16.5. The number of methoxy groups -OCH3 is 4. The van der Waals surface area contributed by atoms with Crippen LogP contribution in [0.5, 0.6) is 23.0 Å². The molecule has 5 heteroatoms. The van der Waals surface area contributed by atoms with Crippen molar-refractivity contribution in [1.82, 2.24) is 0 Å². The Morgan fingerprint density at radius 1 is 0.741 bits per heavy atom. The van der Waals surface area contributed by atoms with Gasteiger partial charge in [0.2, 0.25) is 0 Å². The van der Waals surface area contributed by atoms with E-state index in [9.17, 15) is 4.79 Å². The summed E-state index contributed by atoms with van der Waals surface area (Å²) in [6, 6.07) is 9.65. The van der Waals surface area contributed by atoms with E-state index in [1.807, 2.05) is 31.2 Å². The highest BCUT2D eigenvalue weighted by Gasteiger charge is 2.39. The van der Waals surface area contributed by atoms with E-state index in [0.29, 0.717) is 28.6 Å². The lowest BCUT2D eigenvalue weighted by atomic mass is 9.67. The first-order valence-corrected chi connectivity index (χ1v) is 8.98. The summed E-state index contributed by atoms with van der Waals surface area (Å²) < 4.78 is 21.7. The molecular formula is C22H26O5. The fourth-order valence-electron chi connectivity index (χ4n) is 3.95. The lowest BCUT2D eigenvalue weighted by Gasteiger charge is -2.36. The molecule has 0 bridgehead atoms. The molecule has 0 saturated carbocycles. The van der Waals surface area contributed by atoms with E-state index >= 15 is 0 Å². The van der Waals surface area contributed by atoms with Crippen molar-refractivity contribution in [2.45, 2.75) is 19.8 Å². The lowest BCUT2D eigenvalue weighted by Crippen LogP contribution is -2.32. The van der Waals surface area contributed by atoms with Crippen molar-refractivity contribution in [2.24, 2.45) is 11.8 Å². The Morgan fingerprint density at radius 2 is 1.30 bits per heavy atom. The first-order valence-electron chi connectivity index (χ1n) is 8.98. The summed E-state index contributed by atoms with van der Waals surface area (Å²) >= 11 is 0. The predicted molar refractivity (Wildman–Crippen MR) is 104 cm³/mol. The van der Waals surface area contributed by atoms with Gasteiger partial charge in [-0.2, -0.15) is 0 Å². The Kier molecular flexibility index (Phi) is 5.31. The van der Waals surface area contributed by atoms with Crippen LogP contribution in [0.1, 0.15) is 41.3 Å². The van der Waals surface area contributed by atoms with E-state index in [4.69, 9.17) is 18.9 Å². The molecule has 1 aliphatic rings. The van der Waals surface area contributed by atoms with Gasteiger partial charge in [0.1, 0.15) is 0 Å². The molecule has 144 valence electrons. The highest BCUT2D eigenvalue weighted by Crippen LogP contribution is 2.47. The maximum Gasteiger partial charge on any atom is 0.166 e. The summed E-state index contributed by atoms with van der Waals surface area (Å²) in [5.74, 6) is 2.74. The second-order valence-electron chi connectivity index (χ2n) is 6.90. The van der Waals surface area contributed by atoms with Gasteiger partial charge in [0.25, 0.3) is 0 Å². The molecule has 0 aliphatic heterocycles. The van der Waals surface area contributed by atoms with Gasteiger partial charge in [0.15, 0.2) is 28.8 Å². The van der Waals surface area contributed by atoms with Gasteiger partial charge < -0.3 is 18.9 Å². The summed E-state index contributed by atoms with van der Waals surface area (Å²) in [7, 11) is 6.43. The monoisotopic (exact) mass is 370 g/mol. The number of fused-ring (bicyclic) bond motifs is 1. The van der Waals surface area contributed by atoms with Crippen molar-refractivity contribution < 1.29 is 23.7 Å². The average Bonchev–Trinajstić information content (AvgIpc) is 2.71. The molecule has 2 aromatic carbocycles. The van der Waals surface area contributed by atoms with Crippen molar-refractivity contribution in [3.05, 3.63) is 47.0 Å². The summed E-state index contributed by atoms with van der Waals surface area (Å²) in [5.41, 5.74) is 2.72. The minimum absolute atomic E-state index is 0.0345. The molecule has 0 radical (unpaired) electrons. The van der Waals surface area contributed by atoms with Crippen LogP contribution in [0.4, 0.5) is 0 Å². The molecular weight excluding hydrogens is 344 g/mol. The Morgan fingerprint density at radius 3 is 1.89 bits per heavy atom. The maximum absolute atomic E-state index is 13.0. The van der Waals surface area contributed by atoms with Crippen LogP contribution in [-0.4, -0.2) is 34.2 Å². The third-order valence-electron chi connectivity index (χ3n) is 5.65. The first-order chi connectivity index (χ1) is 13.0. The van der Waals surface area contributed by atoms with E-state index in [0.717, 1.165) is 11.1 Å². The predicted octanol–water partition coefficient (Wildman–Crippen LogP) is 4.32. The largest absolute Gasteiger partial charge is 0.493 e. The average molecular weight is 370 g/mol. The zero-order valence-corrected chi connectivity index (χ0v) is 16.7. The zero-order chi connectivity index (χ0) is 19.7. The third kappa shape index (κ3) is 3.11.